The molecule has 0 aliphatic carbocycles. The van der Waals surface area contributed by atoms with Crippen LogP contribution in [-0.4, -0.2) is 64.5 Å². The zero-order valence-electron chi connectivity index (χ0n) is 14.5. The van der Waals surface area contributed by atoms with Crippen LogP contribution in [0.15, 0.2) is 24.3 Å². The van der Waals surface area contributed by atoms with E-state index in [9.17, 15) is 4.79 Å². The molecule has 23 heavy (non-hydrogen) atoms. The number of nitrogens with one attached hydrogen (secondary N) is 1. The minimum absolute atomic E-state index is 0.0458. The SMILES string of the molecule is CC[C@H](Nc1cccc(OC)c1)C(=O)N(CCOC)CCOC. The molecule has 0 unspecified atom stereocenters. The van der Waals surface area contributed by atoms with Crippen molar-refractivity contribution in [3.8, 4) is 5.75 Å². The topological polar surface area (TPSA) is 60.0 Å². The number of carbonyl (C=O) groups is 1. The summed E-state index contributed by atoms with van der Waals surface area (Å²) in [6.45, 7) is 4.10. The van der Waals surface area contributed by atoms with E-state index in [4.69, 9.17) is 14.2 Å². The average Bonchev–Trinajstić information content (AvgIpc) is 2.59. The Balaban J connectivity index is 2.76. The second kappa shape index (κ2) is 10.9. The van der Waals surface area contributed by atoms with Gasteiger partial charge in [0.15, 0.2) is 0 Å². The van der Waals surface area contributed by atoms with Crippen LogP contribution in [0.2, 0.25) is 0 Å². The summed E-state index contributed by atoms with van der Waals surface area (Å²) < 4.78 is 15.4. The molecular formula is C17H28N2O4. The van der Waals surface area contributed by atoms with Gasteiger partial charge in [-0.1, -0.05) is 13.0 Å². The van der Waals surface area contributed by atoms with Crippen molar-refractivity contribution in [3.05, 3.63) is 24.3 Å². The molecule has 0 saturated carbocycles. The van der Waals surface area contributed by atoms with Gasteiger partial charge in [0.2, 0.25) is 5.91 Å². The van der Waals surface area contributed by atoms with Crippen LogP contribution in [0.5, 0.6) is 5.75 Å². The molecule has 6 heteroatoms. The highest BCUT2D eigenvalue weighted by Gasteiger charge is 2.22. The van der Waals surface area contributed by atoms with E-state index in [1.54, 1.807) is 26.2 Å². The lowest BCUT2D eigenvalue weighted by atomic mass is 10.1. The zero-order chi connectivity index (χ0) is 17.1. The number of benzene rings is 1. The van der Waals surface area contributed by atoms with Crippen molar-refractivity contribution in [2.24, 2.45) is 0 Å². The predicted molar refractivity (Wildman–Crippen MR) is 91.0 cm³/mol. The molecule has 0 heterocycles. The van der Waals surface area contributed by atoms with E-state index in [1.807, 2.05) is 31.2 Å². The smallest absolute Gasteiger partial charge is 0.245 e. The molecule has 1 N–H and O–H groups in total. The highest BCUT2D eigenvalue weighted by molar-refractivity contribution is 5.84. The van der Waals surface area contributed by atoms with Gasteiger partial charge in [0.05, 0.1) is 20.3 Å². The molecule has 0 spiro atoms. The fourth-order valence-electron chi connectivity index (χ4n) is 2.21. The number of amides is 1. The monoisotopic (exact) mass is 324 g/mol. The third kappa shape index (κ3) is 6.46. The van der Waals surface area contributed by atoms with Gasteiger partial charge in [0, 0.05) is 39.1 Å². The maximum Gasteiger partial charge on any atom is 0.245 e. The van der Waals surface area contributed by atoms with Gasteiger partial charge < -0.3 is 24.4 Å². The Morgan fingerprint density at radius 1 is 1.17 bits per heavy atom. The van der Waals surface area contributed by atoms with E-state index in [0.717, 1.165) is 11.4 Å². The summed E-state index contributed by atoms with van der Waals surface area (Å²) >= 11 is 0. The molecule has 1 atom stereocenters. The summed E-state index contributed by atoms with van der Waals surface area (Å²) in [5.74, 6) is 0.803. The largest absolute Gasteiger partial charge is 0.497 e. The van der Waals surface area contributed by atoms with Crippen molar-refractivity contribution in [1.29, 1.82) is 0 Å². The number of carbonyl (C=O) groups excluding carboxylic acids is 1. The molecule has 1 amide bonds. The number of anilines is 1. The third-order valence-corrected chi connectivity index (χ3v) is 3.56. The Morgan fingerprint density at radius 3 is 2.35 bits per heavy atom. The summed E-state index contributed by atoms with van der Waals surface area (Å²) in [7, 11) is 4.88. The van der Waals surface area contributed by atoms with Crippen LogP contribution in [0.25, 0.3) is 0 Å². The Hall–Kier alpha value is -1.79. The molecule has 1 aromatic carbocycles. The van der Waals surface area contributed by atoms with Crippen LogP contribution in [0.3, 0.4) is 0 Å². The van der Waals surface area contributed by atoms with Crippen molar-refractivity contribution in [1.82, 2.24) is 4.90 Å². The first-order valence-corrected chi connectivity index (χ1v) is 7.83. The van der Waals surface area contributed by atoms with Gasteiger partial charge in [0.25, 0.3) is 0 Å². The summed E-state index contributed by atoms with van der Waals surface area (Å²) in [5, 5.41) is 3.28. The molecule has 1 rings (SSSR count). The predicted octanol–water partition coefficient (Wildman–Crippen LogP) is 2.01. The second-order valence-electron chi connectivity index (χ2n) is 5.15. The Bertz CT molecular complexity index is 460. The van der Waals surface area contributed by atoms with Gasteiger partial charge in [-0.15, -0.1) is 0 Å². The molecule has 0 aromatic heterocycles. The minimum atomic E-state index is -0.296. The number of ether oxygens (including phenoxy) is 3. The standard InChI is InChI=1S/C17H28N2O4/c1-5-16(18-14-7-6-8-15(13-14)23-4)17(20)19(9-11-21-2)10-12-22-3/h6-8,13,16,18H,5,9-12H2,1-4H3/t16-/m0/s1. The van der Waals surface area contributed by atoms with Crippen LogP contribution in [0, 0.1) is 0 Å². The normalized spacial score (nSPS) is 11.8. The Labute approximate surface area is 138 Å². The first-order valence-electron chi connectivity index (χ1n) is 7.83. The quantitative estimate of drug-likeness (QED) is 0.675. The van der Waals surface area contributed by atoms with Crippen LogP contribution in [0.4, 0.5) is 5.69 Å². The van der Waals surface area contributed by atoms with Gasteiger partial charge in [0.1, 0.15) is 11.8 Å². The third-order valence-electron chi connectivity index (χ3n) is 3.56. The first kappa shape index (κ1) is 19.3. The molecule has 0 aliphatic rings. The van der Waals surface area contributed by atoms with Crippen LogP contribution in [0.1, 0.15) is 13.3 Å². The van der Waals surface area contributed by atoms with Gasteiger partial charge in [-0.25, -0.2) is 0 Å². The molecule has 0 radical (unpaired) electrons. The lowest BCUT2D eigenvalue weighted by molar-refractivity contribution is -0.133. The van der Waals surface area contributed by atoms with E-state index in [1.165, 1.54) is 0 Å². The molecule has 130 valence electrons. The van der Waals surface area contributed by atoms with Gasteiger partial charge >= 0.3 is 0 Å². The van der Waals surface area contributed by atoms with Gasteiger partial charge in [-0.2, -0.15) is 0 Å². The van der Waals surface area contributed by atoms with Crippen molar-refractivity contribution in [2.45, 2.75) is 19.4 Å². The van der Waals surface area contributed by atoms with Crippen molar-refractivity contribution in [2.75, 3.05) is 52.9 Å². The zero-order valence-corrected chi connectivity index (χ0v) is 14.5. The van der Waals surface area contributed by atoms with Crippen LogP contribution in [-0.2, 0) is 14.3 Å². The molecule has 6 nitrogen and oxygen atoms in total. The molecule has 0 aliphatic heterocycles. The van der Waals surface area contributed by atoms with E-state index in [-0.39, 0.29) is 11.9 Å². The van der Waals surface area contributed by atoms with Crippen molar-refractivity contribution < 1.29 is 19.0 Å². The summed E-state index contributed by atoms with van der Waals surface area (Å²) in [4.78, 5) is 14.5. The number of rotatable bonds is 11. The maximum absolute atomic E-state index is 12.8. The Morgan fingerprint density at radius 2 is 1.83 bits per heavy atom. The number of methoxy groups -OCH3 is 3. The van der Waals surface area contributed by atoms with E-state index in [0.29, 0.717) is 32.7 Å². The Kier molecular flexibility index (Phi) is 9.09. The van der Waals surface area contributed by atoms with Crippen molar-refractivity contribution in [3.63, 3.8) is 0 Å². The van der Waals surface area contributed by atoms with Gasteiger partial charge in [-0.05, 0) is 18.6 Å². The highest BCUT2D eigenvalue weighted by atomic mass is 16.5. The molecule has 1 aromatic rings. The van der Waals surface area contributed by atoms with Crippen LogP contribution < -0.4 is 10.1 Å². The van der Waals surface area contributed by atoms with E-state index in [2.05, 4.69) is 5.32 Å². The first-order chi connectivity index (χ1) is 11.2. The molecular weight excluding hydrogens is 296 g/mol. The lowest BCUT2D eigenvalue weighted by Crippen LogP contribution is -2.45. The molecule has 0 saturated heterocycles. The molecule has 0 fully saturated rings. The highest BCUT2D eigenvalue weighted by Crippen LogP contribution is 2.18. The summed E-state index contributed by atoms with van der Waals surface area (Å²) in [6, 6.07) is 7.28. The number of hydrogen-bond acceptors (Lipinski definition) is 5. The van der Waals surface area contributed by atoms with E-state index < -0.39 is 0 Å². The molecule has 0 bridgehead atoms. The number of hydrogen-bond donors (Lipinski definition) is 1. The number of nitrogens with zero attached hydrogens (tertiary/aromatic N) is 1. The fraction of sp³-hybridized carbons (Fsp3) is 0.588. The maximum atomic E-state index is 12.8. The fourth-order valence-corrected chi connectivity index (χ4v) is 2.21. The van der Waals surface area contributed by atoms with Crippen LogP contribution >= 0.6 is 0 Å². The lowest BCUT2D eigenvalue weighted by Gasteiger charge is -2.27. The van der Waals surface area contributed by atoms with Crippen molar-refractivity contribution >= 4 is 11.6 Å². The van der Waals surface area contributed by atoms with E-state index >= 15 is 0 Å². The minimum Gasteiger partial charge on any atom is -0.497 e. The van der Waals surface area contributed by atoms with Gasteiger partial charge in [-0.3, -0.25) is 4.79 Å². The summed E-state index contributed by atoms with van der Waals surface area (Å²) in [6.07, 6.45) is 0.687. The second-order valence-corrected chi connectivity index (χ2v) is 5.15. The summed E-state index contributed by atoms with van der Waals surface area (Å²) in [5.41, 5.74) is 0.864. The average molecular weight is 324 g/mol.